The maximum atomic E-state index is 13.3. The fourth-order valence-corrected chi connectivity index (χ4v) is 5.56. The number of hydrogen-bond acceptors (Lipinski definition) is 4. The normalized spacial score (nSPS) is 19.7. The second-order valence-corrected chi connectivity index (χ2v) is 10.9. The van der Waals surface area contributed by atoms with Crippen molar-refractivity contribution in [3.05, 3.63) is 69.6 Å². The number of likely N-dealkylation sites (tertiary alicyclic amines) is 1. The smallest absolute Gasteiger partial charge is 0.256 e. The number of benzene rings is 1. The van der Waals surface area contributed by atoms with E-state index >= 15 is 0 Å². The Morgan fingerprint density at radius 3 is 1.94 bits per heavy atom. The van der Waals surface area contributed by atoms with Gasteiger partial charge in [0.25, 0.3) is 11.8 Å². The SMILES string of the molecule is O=C(NC1CC1)c1cn(CC2CCCCC2)cc(C(=O)NC2CCN(Cc3ccccc3)CC2)c1=O. The topological polar surface area (TPSA) is 83.4 Å². The second kappa shape index (κ2) is 11.4. The standard InChI is InChI=1S/C29H38N4O3/c34-27-25(28(35)30-23-11-12-23)19-33(18-22-9-5-2-6-10-22)20-26(27)29(36)31-24-13-15-32(16-14-24)17-21-7-3-1-4-8-21/h1,3-4,7-8,19-20,22-24H,2,5-6,9-18H2,(H,30,35)(H,31,36). The van der Waals surface area contributed by atoms with Crippen molar-refractivity contribution in [3.8, 4) is 0 Å². The van der Waals surface area contributed by atoms with E-state index in [0.717, 1.165) is 64.7 Å². The van der Waals surface area contributed by atoms with Crippen LogP contribution in [0, 0.1) is 5.92 Å². The Balaban J connectivity index is 1.26. The van der Waals surface area contributed by atoms with Gasteiger partial charge in [-0.1, -0.05) is 49.6 Å². The minimum Gasteiger partial charge on any atom is -0.352 e. The van der Waals surface area contributed by atoms with E-state index in [1.54, 1.807) is 12.4 Å². The molecule has 1 aromatic carbocycles. The molecule has 2 aliphatic carbocycles. The molecule has 0 radical (unpaired) electrons. The average Bonchev–Trinajstić information content (AvgIpc) is 3.71. The van der Waals surface area contributed by atoms with Gasteiger partial charge in [-0.25, -0.2) is 0 Å². The van der Waals surface area contributed by atoms with Gasteiger partial charge < -0.3 is 15.2 Å². The summed E-state index contributed by atoms with van der Waals surface area (Å²) in [7, 11) is 0. The third-order valence-electron chi connectivity index (χ3n) is 7.85. The predicted molar refractivity (Wildman–Crippen MR) is 140 cm³/mol. The Bertz CT molecular complexity index is 1110. The number of nitrogens with zero attached hydrogens (tertiary/aromatic N) is 2. The third kappa shape index (κ3) is 6.44. The molecule has 0 spiro atoms. The van der Waals surface area contributed by atoms with Gasteiger partial charge in [0.2, 0.25) is 5.43 Å². The summed E-state index contributed by atoms with van der Waals surface area (Å²) in [4.78, 5) is 41.8. The molecule has 0 atom stereocenters. The van der Waals surface area contributed by atoms with Crippen molar-refractivity contribution in [1.82, 2.24) is 20.1 Å². The predicted octanol–water partition coefficient (Wildman–Crippen LogP) is 3.72. The molecule has 1 saturated heterocycles. The van der Waals surface area contributed by atoms with Crippen LogP contribution in [-0.2, 0) is 13.1 Å². The summed E-state index contributed by atoms with van der Waals surface area (Å²) in [5, 5.41) is 6.02. The summed E-state index contributed by atoms with van der Waals surface area (Å²) in [6.45, 7) is 3.44. The summed E-state index contributed by atoms with van der Waals surface area (Å²) < 4.78 is 1.91. The van der Waals surface area contributed by atoms with E-state index in [1.807, 2.05) is 10.6 Å². The zero-order valence-electron chi connectivity index (χ0n) is 21.1. The van der Waals surface area contributed by atoms with E-state index in [2.05, 4.69) is 39.8 Å². The first-order valence-corrected chi connectivity index (χ1v) is 13.7. The highest BCUT2D eigenvalue weighted by atomic mass is 16.2. The number of piperidine rings is 1. The van der Waals surface area contributed by atoms with Crippen LogP contribution in [0.5, 0.6) is 0 Å². The fraction of sp³-hybridized carbons (Fsp3) is 0.552. The van der Waals surface area contributed by atoms with Gasteiger partial charge in [-0.15, -0.1) is 0 Å². The molecular formula is C29H38N4O3. The Labute approximate surface area is 213 Å². The summed E-state index contributed by atoms with van der Waals surface area (Å²) in [6, 6.07) is 10.6. The van der Waals surface area contributed by atoms with Gasteiger partial charge in [-0.2, -0.15) is 0 Å². The van der Waals surface area contributed by atoms with Crippen molar-refractivity contribution in [2.45, 2.75) is 83.0 Å². The molecule has 3 fully saturated rings. The van der Waals surface area contributed by atoms with Gasteiger partial charge in [-0.3, -0.25) is 19.3 Å². The van der Waals surface area contributed by atoms with Crippen LogP contribution in [0.15, 0.2) is 47.5 Å². The maximum absolute atomic E-state index is 13.3. The van der Waals surface area contributed by atoms with Crippen molar-refractivity contribution in [3.63, 3.8) is 0 Å². The number of carbonyl (C=O) groups excluding carboxylic acids is 2. The lowest BCUT2D eigenvalue weighted by molar-refractivity contribution is 0.0906. The van der Waals surface area contributed by atoms with E-state index in [-0.39, 0.29) is 35.0 Å². The van der Waals surface area contributed by atoms with Crippen molar-refractivity contribution in [1.29, 1.82) is 0 Å². The first-order chi connectivity index (χ1) is 17.5. The molecule has 3 aliphatic rings. The lowest BCUT2D eigenvalue weighted by Crippen LogP contribution is -2.45. The van der Waals surface area contributed by atoms with Gasteiger partial charge in [0.05, 0.1) is 0 Å². The molecule has 2 aromatic rings. The largest absolute Gasteiger partial charge is 0.352 e. The molecule has 36 heavy (non-hydrogen) atoms. The summed E-state index contributed by atoms with van der Waals surface area (Å²) in [5.74, 6) is -0.200. The van der Waals surface area contributed by atoms with Gasteiger partial charge in [0.15, 0.2) is 0 Å². The monoisotopic (exact) mass is 490 g/mol. The lowest BCUT2D eigenvalue weighted by atomic mass is 9.89. The van der Waals surface area contributed by atoms with E-state index in [4.69, 9.17) is 0 Å². The first-order valence-electron chi connectivity index (χ1n) is 13.7. The van der Waals surface area contributed by atoms with Gasteiger partial charge in [-0.05, 0) is 50.0 Å². The van der Waals surface area contributed by atoms with Gasteiger partial charge >= 0.3 is 0 Å². The maximum Gasteiger partial charge on any atom is 0.256 e. The number of amides is 2. The third-order valence-corrected chi connectivity index (χ3v) is 7.85. The molecule has 1 aromatic heterocycles. The number of aromatic nitrogens is 1. The minimum atomic E-state index is -0.466. The van der Waals surface area contributed by atoms with Crippen LogP contribution >= 0.6 is 0 Å². The Hall–Kier alpha value is -2.93. The molecule has 192 valence electrons. The van der Waals surface area contributed by atoms with Crippen LogP contribution in [0.25, 0.3) is 0 Å². The highest BCUT2D eigenvalue weighted by molar-refractivity contribution is 5.99. The van der Waals surface area contributed by atoms with Crippen LogP contribution in [0.4, 0.5) is 0 Å². The molecular weight excluding hydrogens is 452 g/mol. The van der Waals surface area contributed by atoms with Crippen molar-refractivity contribution in [2.24, 2.45) is 5.92 Å². The van der Waals surface area contributed by atoms with E-state index in [1.165, 1.54) is 24.8 Å². The van der Waals surface area contributed by atoms with E-state index in [9.17, 15) is 14.4 Å². The number of rotatable bonds is 8. The van der Waals surface area contributed by atoms with Crippen LogP contribution in [0.3, 0.4) is 0 Å². The molecule has 0 unspecified atom stereocenters. The molecule has 1 aliphatic heterocycles. The number of carbonyl (C=O) groups is 2. The summed E-state index contributed by atoms with van der Waals surface area (Å²) >= 11 is 0. The van der Waals surface area contributed by atoms with Crippen molar-refractivity contribution >= 4 is 11.8 Å². The van der Waals surface area contributed by atoms with Gasteiger partial charge in [0.1, 0.15) is 11.1 Å². The highest BCUT2D eigenvalue weighted by Gasteiger charge is 2.28. The fourth-order valence-electron chi connectivity index (χ4n) is 5.56. The van der Waals surface area contributed by atoms with E-state index < -0.39 is 5.43 Å². The Kier molecular flexibility index (Phi) is 7.85. The van der Waals surface area contributed by atoms with Crippen LogP contribution in [0.1, 0.15) is 84.1 Å². The quantitative estimate of drug-likeness (QED) is 0.591. The first kappa shape index (κ1) is 24.8. The molecule has 2 amide bonds. The average molecular weight is 491 g/mol. The molecule has 2 saturated carbocycles. The zero-order chi connectivity index (χ0) is 24.9. The van der Waals surface area contributed by atoms with Crippen molar-refractivity contribution in [2.75, 3.05) is 13.1 Å². The van der Waals surface area contributed by atoms with Crippen LogP contribution in [-0.4, -0.2) is 46.5 Å². The van der Waals surface area contributed by atoms with Crippen molar-refractivity contribution < 1.29 is 9.59 Å². The Morgan fingerprint density at radius 2 is 1.36 bits per heavy atom. The highest BCUT2D eigenvalue weighted by Crippen LogP contribution is 2.25. The van der Waals surface area contributed by atoms with Gasteiger partial charge in [0, 0.05) is 50.7 Å². The molecule has 7 nitrogen and oxygen atoms in total. The summed E-state index contributed by atoms with van der Waals surface area (Å²) in [5.41, 5.74) is 0.996. The molecule has 0 bridgehead atoms. The molecule has 5 rings (SSSR count). The Morgan fingerprint density at radius 1 is 0.778 bits per heavy atom. The molecule has 2 N–H and O–H groups in total. The number of pyridine rings is 1. The number of hydrogen-bond donors (Lipinski definition) is 2. The van der Waals surface area contributed by atoms with E-state index in [0.29, 0.717) is 5.92 Å². The van der Waals surface area contributed by atoms with Crippen LogP contribution in [0.2, 0.25) is 0 Å². The zero-order valence-corrected chi connectivity index (χ0v) is 21.1. The lowest BCUT2D eigenvalue weighted by Gasteiger charge is -2.32. The summed E-state index contributed by atoms with van der Waals surface area (Å²) in [6.07, 6.45) is 12.9. The van der Waals surface area contributed by atoms with Crippen LogP contribution < -0.4 is 16.1 Å². The molecule has 2 heterocycles. The minimum absolute atomic E-state index is 0.0275. The number of nitrogens with one attached hydrogen (secondary N) is 2. The molecule has 7 heteroatoms. The second-order valence-electron chi connectivity index (χ2n) is 10.9.